The standard InChI is InChI=1S/C20H22N4OS/c1-11-5-4-6-12(2)17(11)23-19(25)18-16(21)14-9-13-10-24(3)8-7-15(13)22-20(14)26-18/h4-6,9H,7-8,10,21H2,1-3H3,(H,23,25). The molecule has 1 aliphatic rings. The Morgan fingerprint density at radius 1 is 1.31 bits per heavy atom. The van der Waals surface area contributed by atoms with E-state index in [9.17, 15) is 4.79 Å². The van der Waals surface area contributed by atoms with Crippen molar-refractivity contribution in [3.63, 3.8) is 0 Å². The number of aromatic nitrogens is 1. The predicted octanol–water partition coefficient (Wildman–Crippen LogP) is 3.74. The van der Waals surface area contributed by atoms with Crippen LogP contribution in [0.15, 0.2) is 24.3 Å². The fourth-order valence-electron chi connectivity index (χ4n) is 3.49. The van der Waals surface area contributed by atoms with Gasteiger partial charge < -0.3 is 16.0 Å². The first-order valence-corrected chi connectivity index (χ1v) is 9.52. The Bertz CT molecular complexity index is 1000. The van der Waals surface area contributed by atoms with Crippen molar-refractivity contribution in [2.45, 2.75) is 26.8 Å². The van der Waals surface area contributed by atoms with Gasteiger partial charge in [-0.1, -0.05) is 18.2 Å². The highest BCUT2D eigenvalue weighted by atomic mass is 32.1. The van der Waals surface area contributed by atoms with Gasteiger partial charge in [-0.15, -0.1) is 11.3 Å². The van der Waals surface area contributed by atoms with Gasteiger partial charge in [-0.25, -0.2) is 4.98 Å². The van der Waals surface area contributed by atoms with E-state index < -0.39 is 0 Å². The molecule has 1 aromatic carbocycles. The van der Waals surface area contributed by atoms with Gasteiger partial charge in [-0.05, 0) is 43.7 Å². The number of fused-ring (bicyclic) bond motifs is 2. The second-order valence-corrected chi connectivity index (χ2v) is 8.00. The number of carbonyl (C=O) groups is 1. The molecular formula is C20H22N4OS. The van der Waals surface area contributed by atoms with E-state index in [0.29, 0.717) is 10.6 Å². The van der Waals surface area contributed by atoms with Gasteiger partial charge in [-0.2, -0.15) is 0 Å². The summed E-state index contributed by atoms with van der Waals surface area (Å²) in [5, 5.41) is 3.91. The van der Waals surface area contributed by atoms with Crippen molar-refractivity contribution in [3.05, 3.63) is 51.5 Å². The van der Waals surface area contributed by atoms with E-state index in [0.717, 1.165) is 52.2 Å². The second-order valence-electron chi connectivity index (χ2n) is 7.00. The molecule has 0 aliphatic carbocycles. The number of benzene rings is 1. The molecular weight excluding hydrogens is 344 g/mol. The second kappa shape index (κ2) is 6.37. The van der Waals surface area contributed by atoms with Crippen LogP contribution in [0.4, 0.5) is 11.4 Å². The van der Waals surface area contributed by atoms with Crippen LogP contribution < -0.4 is 11.1 Å². The highest BCUT2D eigenvalue weighted by molar-refractivity contribution is 7.21. The number of nitrogens with two attached hydrogens (primary N) is 1. The fraction of sp³-hybridized carbons (Fsp3) is 0.300. The lowest BCUT2D eigenvalue weighted by Gasteiger charge is -2.24. The van der Waals surface area contributed by atoms with E-state index in [2.05, 4.69) is 23.3 Å². The number of thiophene rings is 1. The largest absolute Gasteiger partial charge is 0.397 e. The molecule has 0 bridgehead atoms. The maximum absolute atomic E-state index is 12.9. The molecule has 5 nitrogen and oxygen atoms in total. The van der Waals surface area contributed by atoms with Gasteiger partial charge in [0.2, 0.25) is 0 Å². The molecule has 1 aliphatic heterocycles. The molecule has 0 fully saturated rings. The fourth-order valence-corrected chi connectivity index (χ4v) is 4.48. The number of amides is 1. The summed E-state index contributed by atoms with van der Waals surface area (Å²) in [6.45, 7) is 5.86. The molecule has 6 heteroatoms. The van der Waals surface area contributed by atoms with Crippen LogP contribution >= 0.6 is 11.3 Å². The van der Waals surface area contributed by atoms with Gasteiger partial charge in [0, 0.05) is 36.3 Å². The average molecular weight is 366 g/mol. The third-order valence-electron chi connectivity index (χ3n) is 4.99. The first-order chi connectivity index (χ1) is 12.4. The number of rotatable bonds is 2. The van der Waals surface area contributed by atoms with Crippen molar-refractivity contribution in [2.24, 2.45) is 0 Å². The normalized spacial score (nSPS) is 14.4. The number of pyridine rings is 1. The van der Waals surface area contributed by atoms with Crippen LogP contribution in [0.25, 0.3) is 10.2 Å². The molecule has 0 saturated heterocycles. The van der Waals surface area contributed by atoms with Crippen molar-refractivity contribution < 1.29 is 4.79 Å². The minimum atomic E-state index is -0.169. The summed E-state index contributed by atoms with van der Waals surface area (Å²) in [6.07, 6.45) is 0.934. The Morgan fingerprint density at radius 2 is 2.04 bits per heavy atom. The molecule has 0 saturated carbocycles. The van der Waals surface area contributed by atoms with Gasteiger partial charge >= 0.3 is 0 Å². The zero-order chi connectivity index (χ0) is 18.4. The molecule has 26 heavy (non-hydrogen) atoms. The summed E-state index contributed by atoms with van der Waals surface area (Å²) in [5.41, 5.74) is 12.1. The lowest BCUT2D eigenvalue weighted by Crippen LogP contribution is -2.27. The molecule has 0 radical (unpaired) electrons. The van der Waals surface area contributed by atoms with Crippen LogP contribution in [0.2, 0.25) is 0 Å². The lowest BCUT2D eigenvalue weighted by atomic mass is 10.0. The monoisotopic (exact) mass is 366 g/mol. The van der Waals surface area contributed by atoms with E-state index in [1.54, 1.807) is 0 Å². The molecule has 2 aromatic heterocycles. The Balaban J connectivity index is 1.73. The summed E-state index contributed by atoms with van der Waals surface area (Å²) in [6, 6.07) is 8.07. The topological polar surface area (TPSA) is 71.2 Å². The number of para-hydroxylation sites is 1. The van der Waals surface area contributed by atoms with Crippen molar-refractivity contribution in [1.29, 1.82) is 0 Å². The summed E-state index contributed by atoms with van der Waals surface area (Å²) < 4.78 is 0. The van der Waals surface area contributed by atoms with Crippen LogP contribution in [-0.2, 0) is 13.0 Å². The maximum Gasteiger partial charge on any atom is 0.267 e. The van der Waals surface area contributed by atoms with E-state index in [-0.39, 0.29) is 5.91 Å². The van der Waals surface area contributed by atoms with Crippen molar-refractivity contribution >= 4 is 38.8 Å². The number of aryl methyl sites for hydroxylation is 2. The number of nitrogen functional groups attached to an aromatic ring is 1. The molecule has 3 N–H and O–H groups in total. The zero-order valence-electron chi connectivity index (χ0n) is 15.2. The van der Waals surface area contributed by atoms with Gasteiger partial charge in [0.15, 0.2) is 0 Å². The van der Waals surface area contributed by atoms with Gasteiger partial charge in [0.05, 0.1) is 5.69 Å². The SMILES string of the molecule is Cc1cccc(C)c1NC(=O)c1sc2nc3c(cc2c1N)CN(C)CC3. The molecule has 0 unspecified atom stereocenters. The smallest absolute Gasteiger partial charge is 0.267 e. The number of hydrogen-bond acceptors (Lipinski definition) is 5. The van der Waals surface area contributed by atoms with Crippen molar-refractivity contribution in [2.75, 3.05) is 24.6 Å². The highest BCUT2D eigenvalue weighted by Gasteiger charge is 2.22. The van der Waals surface area contributed by atoms with E-state index >= 15 is 0 Å². The first kappa shape index (κ1) is 17.0. The van der Waals surface area contributed by atoms with Crippen LogP contribution in [-0.4, -0.2) is 29.4 Å². The van der Waals surface area contributed by atoms with Crippen LogP contribution in [0.5, 0.6) is 0 Å². The number of nitrogens with one attached hydrogen (secondary N) is 1. The third-order valence-corrected chi connectivity index (χ3v) is 6.10. The molecule has 3 heterocycles. The summed E-state index contributed by atoms with van der Waals surface area (Å²) in [5.74, 6) is -0.169. The third kappa shape index (κ3) is 2.85. The molecule has 134 valence electrons. The Labute approximate surface area is 156 Å². The number of carbonyl (C=O) groups excluding carboxylic acids is 1. The minimum Gasteiger partial charge on any atom is -0.397 e. The Hall–Kier alpha value is -2.44. The highest BCUT2D eigenvalue weighted by Crippen LogP contribution is 2.35. The van der Waals surface area contributed by atoms with E-state index in [4.69, 9.17) is 10.7 Å². The average Bonchev–Trinajstić information content (AvgIpc) is 2.92. The lowest BCUT2D eigenvalue weighted by molar-refractivity contribution is 0.103. The Morgan fingerprint density at radius 3 is 2.77 bits per heavy atom. The summed E-state index contributed by atoms with van der Waals surface area (Å²) in [4.78, 5) is 21.3. The minimum absolute atomic E-state index is 0.169. The van der Waals surface area contributed by atoms with Crippen molar-refractivity contribution in [3.8, 4) is 0 Å². The van der Waals surface area contributed by atoms with Crippen molar-refractivity contribution in [1.82, 2.24) is 9.88 Å². The molecule has 3 aromatic rings. The van der Waals surface area contributed by atoms with Gasteiger partial charge in [0.1, 0.15) is 9.71 Å². The molecule has 4 rings (SSSR count). The Kier molecular flexibility index (Phi) is 4.17. The maximum atomic E-state index is 12.9. The predicted molar refractivity (Wildman–Crippen MR) is 108 cm³/mol. The number of anilines is 2. The van der Waals surface area contributed by atoms with E-state index in [1.807, 2.05) is 32.0 Å². The summed E-state index contributed by atoms with van der Waals surface area (Å²) in [7, 11) is 2.10. The number of nitrogens with zero attached hydrogens (tertiary/aromatic N) is 2. The van der Waals surface area contributed by atoms with E-state index in [1.165, 1.54) is 16.9 Å². The van der Waals surface area contributed by atoms with Gasteiger partial charge in [-0.3, -0.25) is 4.79 Å². The number of likely N-dealkylation sites (N-methyl/N-ethyl adjacent to an activating group) is 1. The molecule has 0 spiro atoms. The first-order valence-electron chi connectivity index (χ1n) is 8.71. The zero-order valence-corrected chi connectivity index (χ0v) is 16.0. The van der Waals surface area contributed by atoms with Crippen LogP contribution in [0, 0.1) is 13.8 Å². The number of hydrogen-bond donors (Lipinski definition) is 2. The van der Waals surface area contributed by atoms with Gasteiger partial charge in [0.25, 0.3) is 5.91 Å². The van der Waals surface area contributed by atoms with Crippen LogP contribution in [0.1, 0.15) is 32.1 Å². The molecule has 1 amide bonds. The quantitative estimate of drug-likeness (QED) is 0.725. The molecule has 0 atom stereocenters. The van der Waals surface area contributed by atoms with Crippen LogP contribution in [0.3, 0.4) is 0 Å². The summed E-state index contributed by atoms with van der Waals surface area (Å²) >= 11 is 1.37.